The van der Waals surface area contributed by atoms with Gasteiger partial charge in [0.1, 0.15) is 0 Å². The minimum absolute atomic E-state index is 0. The van der Waals surface area contributed by atoms with E-state index in [-0.39, 0.29) is 34.8 Å². The molecule has 3 aliphatic carbocycles. The normalized spacial score (nSPS) is 16.0. The van der Waals surface area contributed by atoms with Crippen molar-refractivity contribution in [3.63, 3.8) is 0 Å². The van der Waals surface area contributed by atoms with E-state index in [1.54, 1.807) is 0 Å². The molecule has 6 aromatic carbocycles. The van der Waals surface area contributed by atoms with Crippen LogP contribution in [-0.2, 0) is 10.8 Å². The van der Waals surface area contributed by atoms with Crippen LogP contribution < -0.4 is 9.80 Å². The van der Waals surface area contributed by atoms with Gasteiger partial charge in [-0.2, -0.15) is 0 Å². The summed E-state index contributed by atoms with van der Waals surface area (Å²) < 4.78 is 0. The first-order chi connectivity index (χ1) is 25.7. The lowest BCUT2D eigenvalue weighted by molar-refractivity contribution is 0.619. The third-order valence-corrected chi connectivity index (χ3v) is 11.9. The van der Waals surface area contributed by atoms with Gasteiger partial charge < -0.3 is 9.80 Å². The summed E-state index contributed by atoms with van der Waals surface area (Å²) in [5.74, 6) is 0. The summed E-state index contributed by atoms with van der Waals surface area (Å²) >= 11 is 0. The van der Waals surface area contributed by atoms with Crippen LogP contribution in [0.25, 0.3) is 22.3 Å². The molecule has 2 nitrogen and oxygen atoms in total. The van der Waals surface area contributed by atoms with E-state index in [1.807, 2.05) is 0 Å². The lowest BCUT2D eigenvalue weighted by Gasteiger charge is -2.34. The van der Waals surface area contributed by atoms with Gasteiger partial charge in [0.05, 0.1) is 0 Å². The molecule has 3 aliphatic rings. The maximum Gasteiger partial charge on any atom is 0.0465 e. The van der Waals surface area contributed by atoms with E-state index in [9.17, 15) is 0 Å². The van der Waals surface area contributed by atoms with Gasteiger partial charge in [-0.25, -0.2) is 0 Å². The van der Waals surface area contributed by atoms with Crippen LogP contribution in [0.5, 0.6) is 0 Å². The van der Waals surface area contributed by atoms with E-state index < -0.39 is 0 Å². The van der Waals surface area contributed by atoms with E-state index in [2.05, 4.69) is 208 Å². The number of benzene rings is 6. The Balaban J connectivity index is 0.00000413. The Hall–Kier alpha value is -5.13. The number of likely N-dealkylation sites (N-methyl/N-ethyl adjacent to an activating group) is 1. The number of rotatable bonds is 7. The Labute approximate surface area is 338 Å². The van der Waals surface area contributed by atoms with Crippen molar-refractivity contribution in [3.05, 3.63) is 203 Å². The number of hydrogen-bond donors (Lipinski definition) is 0. The second-order valence-electron chi connectivity index (χ2n) is 15.8. The van der Waals surface area contributed by atoms with Gasteiger partial charge in [0.25, 0.3) is 0 Å². The summed E-state index contributed by atoms with van der Waals surface area (Å²) in [6.45, 7) is 9.50. The topological polar surface area (TPSA) is 6.48 Å². The molecule has 6 aromatic rings. The van der Waals surface area contributed by atoms with E-state index in [1.165, 1.54) is 67.0 Å². The van der Waals surface area contributed by atoms with Crippen molar-refractivity contribution in [1.82, 2.24) is 0 Å². The minimum atomic E-state index is -0.165. The molecule has 3 heteroatoms. The first-order valence-corrected chi connectivity index (χ1v) is 19.0. The second kappa shape index (κ2) is 13.9. The monoisotopic (exact) mass is 814 g/mol. The zero-order valence-electron chi connectivity index (χ0n) is 31.8. The Morgan fingerprint density at radius 2 is 1.06 bits per heavy atom. The first-order valence-electron chi connectivity index (χ1n) is 19.0. The Morgan fingerprint density at radius 1 is 0.500 bits per heavy atom. The quantitative estimate of drug-likeness (QED) is 0.148. The van der Waals surface area contributed by atoms with Crippen molar-refractivity contribution in [2.24, 2.45) is 0 Å². The van der Waals surface area contributed by atoms with Crippen LogP contribution in [-0.4, -0.2) is 7.05 Å². The van der Waals surface area contributed by atoms with Gasteiger partial charge in [-0.05, 0) is 111 Å². The summed E-state index contributed by atoms with van der Waals surface area (Å²) in [7, 11) is 2.23. The van der Waals surface area contributed by atoms with Crippen LogP contribution in [0.1, 0.15) is 68.4 Å². The molecule has 0 atom stereocenters. The van der Waals surface area contributed by atoms with Crippen LogP contribution in [0.2, 0.25) is 0 Å². The smallest absolute Gasteiger partial charge is 0.0465 e. The fourth-order valence-corrected chi connectivity index (χ4v) is 9.26. The highest BCUT2D eigenvalue weighted by Crippen LogP contribution is 2.53. The van der Waals surface area contributed by atoms with Gasteiger partial charge >= 0.3 is 0 Å². The molecule has 0 bridgehead atoms. The third kappa shape index (κ3) is 5.85. The van der Waals surface area contributed by atoms with E-state index in [0.717, 1.165) is 29.9 Å². The number of anilines is 4. The molecule has 0 saturated carbocycles. The fraction of sp³-hybridized carbons (Fsp3) is 0.176. The molecule has 9 rings (SSSR count). The molecule has 0 saturated heterocycles. The predicted molar refractivity (Wildman–Crippen MR) is 241 cm³/mol. The number of nitrogens with zero attached hydrogens (tertiary/aromatic N) is 2. The maximum atomic E-state index is 2.45. The molecule has 0 spiro atoms. The minimum Gasteiger partial charge on any atom is -0.347 e. The number of allylic oxidation sites excluding steroid dienone is 5. The molecule has 0 fully saturated rings. The first kappa shape index (κ1) is 35.9. The lowest BCUT2D eigenvalue weighted by atomic mass is 9.80. The molecule has 0 aliphatic heterocycles. The van der Waals surface area contributed by atoms with Crippen molar-refractivity contribution in [2.45, 2.75) is 51.4 Å². The third-order valence-electron chi connectivity index (χ3n) is 11.9. The van der Waals surface area contributed by atoms with Crippen LogP contribution in [0.15, 0.2) is 175 Å². The van der Waals surface area contributed by atoms with Gasteiger partial charge in [-0.3, -0.25) is 0 Å². The van der Waals surface area contributed by atoms with E-state index in [4.69, 9.17) is 0 Å². The van der Waals surface area contributed by atoms with Crippen molar-refractivity contribution in [1.29, 1.82) is 0 Å². The highest BCUT2D eigenvalue weighted by atomic mass is 127. The number of fused-ring (bicyclic) bond motifs is 3. The molecule has 0 amide bonds. The van der Waals surface area contributed by atoms with Crippen LogP contribution in [0, 0.1) is 0 Å². The Kier molecular flexibility index (Phi) is 9.26. The average molecular weight is 815 g/mol. The van der Waals surface area contributed by atoms with Gasteiger partial charge in [0.2, 0.25) is 0 Å². The number of halogens is 1. The highest BCUT2D eigenvalue weighted by Gasteiger charge is 2.41. The number of hydrogen-bond acceptors (Lipinski definition) is 2. The van der Waals surface area contributed by atoms with Crippen molar-refractivity contribution in [2.75, 3.05) is 16.8 Å². The fourth-order valence-electron chi connectivity index (χ4n) is 9.26. The lowest BCUT2D eigenvalue weighted by Crippen LogP contribution is -2.30. The van der Waals surface area contributed by atoms with Gasteiger partial charge in [0, 0.05) is 51.9 Å². The van der Waals surface area contributed by atoms with Crippen molar-refractivity contribution < 1.29 is 0 Å². The van der Waals surface area contributed by atoms with Crippen LogP contribution in [0.4, 0.5) is 22.7 Å². The SMILES string of the molecule is CN(C1=C(c2ccccc2)c2ccccc2C1(C)C)c1ccc(N(c2ccc(-c3ccccc3)cc2)c2ccc3c(c2)C(C)(C)C2=C3CCC=C2)cc1.I. The Morgan fingerprint density at radius 3 is 1.74 bits per heavy atom. The largest absolute Gasteiger partial charge is 0.347 e. The molecule has 0 N–H and O–H groups in total. The highest BCUT2D eigenvalue weighted by molar-refractivity contribution is 14.0. The molecule has 54 heavy (non-hydrogen) atoms. The molecule has 0 heterocycles. The average Bonchev–Trinajstić information content (AvgIpc) is 3.58. The van der Waals surface area contributed by atoms with Crippen LogP contribution in [0.3, 0.4) is 0 Å². The summed E-state index contributed by atoms with van der Waals surface area (Å²) in [5.41, 5.74) is 19.2. The standard InChI is InChI=1S/C51H46N2.HI/c1-50(2)45-22-14-12-20-42(45)43-33-32-41(34-47(43)50)53(39-26-24-36(25-27-39)35-16-8-6-9-17-35)40-30-28-38(29-31-40)52(5)49-48(37-18-10-7-11-19-37)44-21-13-15-23-46(44)51(49,3)4;/h6-11,13-19,21-34H,12,20H2,1-5H3;1H. The summed E-state index contributed by atoms with van der Waals surface area (Å²) in [4.78, 5) is 4.83. The van der Waals surface area contributed by atoms with Crippen molar-refractivity contribution in [3.8, 4) is 11.1 Å². The zero-order valence-corrected chi connectivity index (χ0v) is 34.1. The van der Waals surface area contributed by atoms with Gasteiger partial charge in [-0.15, -0.1) is 24.0 Å². The van der Waals surface area contributed by atoms with E-state index in [0.29, 0.717) is 0 Å². The summed E-state index contributed by atoms with van der Waals surface area (Å²) in [6.07, 6.45) is 6.95. The zero-order chi connectivity index (χ0) is 36.3. The molecule has 0 unspecified atom stereocenters. The van der Waals surface area contributed by atoms with Crippen molar-refractivity contribution >= 4 is 57.9 Å². The van der Waals surface area contributed by atoms with Gasteiger partial charge in [0.15, 0.2) is 0 Å². The predicted octanol–water partition coefficient (Wildman–Crippen LogP) is 14.0. The van der Waals surface area contributed by atoms with Crippen LogP contribution >= 0.6 is 24.0 Å². The molecule has 0 radical (unpaired) electrons. The molecule has 0 aromatic heterocycles. The second-order valence-corrected chi connectivity index (χ2v) is 15.8. The molecular weight excluding hydrogens is 767 g/mol. The van der Waals surface area contributed by atoms with Gasteiger partial charge in [-0.1, -0.05) is 143 Å². The molecular formula is C51H47IN2. The summed E-state index contributed by atoms with van der Waals surface area (Å²) in [5, 5.41) is 0. The summed E-state index contributed by atoms with van der Waals surface area (Å²) in [6, 6.07) is 55.8. The molecule has 268 valence electrons. The van der Waals surface area contributed by atoms with E-state index >= 15 is 0 Å². The maximum absolute atomic E-state index is 2.45. The Bertz CT molecular complexity index is 2430.